The molecule has 2 fully saturated rings. The number of aromatic amines is 1. The normalized spacial score (nSPS) is 17.5. The van der Waals surface area contributed by atoms with Gasteiger partial charge in [-0.1, -0.05) is 0 Å². The van der Waals surface area contributed by atoms with E-state index in [1.807, 2.05) is 11.0 Å². The number of aromatic nitrogens is 6. The molecule has 12 heteroatoms. The topological polar surface area (TPSA) is 114 Å². The van der Waals surface area contributed by atoms with E-state index in [0.717, 1.165) is 49.9 Å². The van der Waals surface area contributed by atoms with Crippen LogP contribution in [0.4, 0.5) is 14.7 Å². The number of carbonyl (C=O) groups excluding carboxylic acids is 1. The average Bonchev–Trinajstić information content (AvgIpc) is 3.43. The third-order valence-electron chi connectivity index (χ3n) is 8.08. The van der Waals surface area contributed by atoms with E-state index in [9.17, 15) is 13.6 Å². The van der Waals surface area contributed by atoms with Gasteiger partial charge in [0, 0.05) is 49.6 Å². The Morgan fingerprint density at radius 2 is 2.03 bits per heavy atom. The van der Waals surface area contributed by atoms with Crippen molar-refractivity contribution in [2.45, 2.75) is 58.5 Å². The first kappa shape index (κ1) is 24.5. The van der Waals surface area contributed by atoms with Crippen molar-refractivity contribution in [2.24, 2.45) is 5.41 Å². The van der Waals surface area contributed by atoms with E-state index in [2.05, 4.69) is 25.3 Å². The molecule has 0 unspecified atom stereocenters. The van der Waals surface area contributed by atoms with Crippen LogP contribution >= 0.6 is 0 Å². The van der Waals surface area contributed by atoms with Gasteiger partial charge < -0.3 is 24.5 Å². The second-order valence-electron chi connectivity index (χ2n) is 10.5. The molecule has 0 bridgehead atoms. The summed E-state index contributed by atoms with van der Waals surface area (Å²) in [5, 5.41) is 4.15. The number of piperidine rings is 1. The zero-order valence-electron chi connectivity index (χ0n) is 21.6. The number of halogens is 2. The molecule has 200 valence electrons. The smallest absolute Gasteiger partial charge is 0.256 e. The molecule has 0 radical (unpaired) electrons. The van der Waals surface area contributed by atoms with Crippen LogP contribution in [0.2, 0.25) is 0 Å². The number of nitrogens with zero attached hydrogens (tertiary/aromatic N) is 6. The highest BCUT2D eigenvalue weighted by molar-refractivity contribution is 5.98. The summed E-state index contributed by atoms with van der Waals surface area (Å²) >= 11 is 0. The van der Waals surface area contributed by atoms with E-state index >= 15 is 0 Å². The molecule has 1 spiro atoms. The minimum atomic E-state index is -2.50. The summed E-state index contributed by atoms with van der Waals surface area (Å²) in [5.74, 6) is 1.54. The number of pyridine rings is 1. The van der Waals surface area contributed by atoms with Gasteiger partial charge >= 0.3 is 0 Å². The van der Waals surface area contributed by atoms with Crippen LogP contribution in [0.25, 0.3) is 33.3 Å². The van der Waals surface area contributed by atoms with Crippen molar-refractivity contribution >= 4 is 34.1 Å². The van der Waals surface area contributed by atoms with Crippen molar-refractivity contribution in [3.05, 3.63) is 24.3 Å². The van der Waals surface area contributed by atoms with Crippen LogP contribution in [0.15, 0.2) is 18.5 Å². The lowest BCUT2D eigenvalue weighted by molar-refractivity contribution is -0.132. The Morgan fingerprint density at radius 1 is 1.26 bits per heavy atom. The largest absolute Gasteiger partial charge is 0.480 e. The van der Waals surface area contributed by atoms with Gasteiger partial charge in [-0.05, 0) is 44.1 Å². The van der Waals surface area contributed by atoms with Gasteiger partial charge in [0.05, 0.1) is 24.6 Å². The Hall–Kier alpha value is -3.83. The molecule has 0 aromatic carbocycles. The summed E-state index contributed by atoms with van der Waals surface area (Å²) in [6, 6.07) is 2.07. The van der Waals surface area contributed by atoms with Gasteiger partial charge in [0.1, 0.15) is 11.5 Å². The van der Waals surface area contributed by atoms with Crippen LogP contribution in [-0.2, 0) is 11.3 Å². The predicted octanol–water partition coefficient (Wildman–Crippen LogP) is 4.15. The zero-order valence-corrected chi connectivity index (χ0v) is 21.6. The zero-order chi connectivity index (χ0) is 26.6. The van der Waals surface area contributed by atoms with Gasteiger partial charge in [-0.2, -0.15) is 9.97 Å². The molecule has 4 aromatic heterocycles. The number of alkyl halides is 2. The summed E-state index contributed by atoms with van der Waals surface area (Å²) < 4.78 is 33.5. The van der Waals surface area contributed by atoms with Crippen molar-refractivity contribution in [3.8, 4) is 17.0 Å². The molecular weight excluding hydrogens is 494 g/mol. The molecule has 0 atom stereocenters. The number of carbonyl (C=O) groups is 1. The minimum absolute atomic E-state index is 0.151. The molecule has 5 heterocycles. The first-order valence-electron chi connectivity index (χ1n) is 12.8. The van der Waals surface area contributed by atoms with E-state index in [1.165, 1.54) is 4.57 Å². The lowest BCUT2D eigenvalue weighted by Gasteiger charge is -2.52. The van der Waals surface area contributed by atoms with E-state index in [0.29, 0.717) is 39.9 Å². The molecule has 1 saturated carbocycles. The first-order valence-corrected chi connectivity index (χ1v) is 12.8. The number of anilines is 1. The quantitative estimate of drug-likeness (QED) is 0.389. The maximum absolute atomic E-state index is 13.2. The number of fused-ring (bicyclic) bond motifs is 2. The van der Waals surface area contributed by atoms with Crippen molar-refractivity contribution in [1.29, 1.82) is 0 Å². The fraction of sp³-hybridized carbons (Fsp3) is 0.500. The van der Waals surface area contributed by atoms with E-state index < -0.39 is 13.0 Å². The van der Waals surface area contributed by atoms with Crippen molar-refractivity contribution < 1.29 is 18.3 Å². The molecule has 2 N–H and O–H groups in total. The number of hydrogen-bond donors (Lipinski definition) is 2. The molecular formula is C26H30F2N8O2. The van der Waals surface area contributed by atoms with Gasteiger partial charge in [0.25, 0.3) is 6.43 Å². The monoisotopic (exact) mass is 524 g/mol. The predicted molar refractivity (Wildman–Crippen MR) is 138 cm³/mol. The Balaban J connectivity index is 1.24. The Labute approximate surface area is 217 Å². The summed E-state index contributed by atoms with van der Waals surface area (Å²) in [4.78, 5) is 34.8. The maximum atomic E-state index is 13.2. The van der Waals surface area contributed by atoms with Gasteiger partial charge in [0.2, 0.25) is 17.7 Å². The standard InChI is InChI=1S/C26H30F2N8O2/c1-14-31-22-19(36(14)13-20(27)28)8-16(11-29-22)18-12-30-23-21(18)24(38-3)34-25(33-23)32-17-9-26(10-17)4-6-35(7-5-26)15(2)37/h8,11-12,17,20H,4-7,9-10,13H2,1-3H3,(H2,30,32,33,34). The molecule has 2 aliphatic rings. The lowest BCUT2D eigenvalue weighted by atomic mass is 9.60. The average molecular weight is 525 g/mol. The van der Waals surface area contributed by atoms with Gasteiger partial charge in [-0.25, -0.2) is 18.7 Å². The van der Waals surface area contributed by atoms with Crippen LogP contribution in [-0.4, -0.2) is 73.0 Å². The van der Waals surface area contributed by atoms with Crippen molar-refractivity contribution in [3.63, 3.8) is 0 Å². The second kappa shape index (κ2) is 9.17. The summed E-state index contributed by atoms with van der Waals surface area (Å²) in [7, 11) is 1.56. The Bertz CT molecular complexity index is 1510. The molecule has 1 aliphatic carbocycles. The van der Waals surface area contributed by atoms with E-state index in [-0.39, 0.29) is 17.4 Å². The SMILES string of the molecule is COc1nc(NC2CC3(CCN(C(C)=O)CC3)C2)nc2[nH]cc(-c3cnc4nc(C)n(CC(F)F)c4c3)c12. The Kier molecular flexibility index (Phi) is 5.92. The molecule has 1 amide bonds. The van der Waals surface area contributed by atoms with Crippen LogP contribution < -0.4 is 10.1 Å². The molecule has 1 saturated heterocycles. The number of rotatable bonds is 6. The summed E-state index contributed by atoms with van der Waals surface area (Å²) in [5.41, 5.74) is 3.35. The highest BCUT2D eigenvalue weighted by Crippen LogP contribution is 2.50. The fourth-order valence-electron chi connectivity index (χ4n) is 6.05. The van der Waals surface area contributed by atoms with Crippen LogP contribution in [0.5, 0.6) is 5.88 Å². The number of hydrogen-bond acceptors (Lipinski definition) is 7. The highest BCUT2D eigenvalue weighted by Gasteiger charge is 2.46. The van der Waals surface area contributed by atoms with E-state index in [1.54, 1.807) is 33.4 Å². The van der Waals surface area contributed by atoms with Crippen LogP contribution in [0.3, 0.4) is 0 Å². The number of nitrogens with one attached hydrogen (secondary N) is 2. The van der Waals surface area contributed by atoms with Crippen LogP contribution in [0, 0.1) is 12.3 Å². The molecule has 4 aromatic rings. The summed E-state index contributed by atoms with van der Waals surface area (Å²) in [6.45, 7) is 4.54. The minimum Gasteiger partial charge on any atom is -0.480 e. The Morgan fingerprint density at radius 3 is 2.71 bits per heavy atom. The highest BCUT2D eigenvalue weighted by atomic mass is 19.3. The number of likely N-dealkylation sites (tertiary alicyclic amines) is 1. The van der Waals surface area contributed by atoms with Gasteiger partial charge in [-0.15, -0.1) is 0 Å². The fourth-order valence-corrected chi connectivity index (χ4v) is 6.05. The molecule has 10 nitrogen and oxygen atoms in total. The van der Waals surface area contributed by atoms with Gasteiger partial charge in [-0.3, -0.25) is 4.79 Å². The number of ether oxygens (including phenoxy) is 1. The molecule has 1 aliphatic heterocycles. The van der Waals surface area contributed by atoms with Crippen molar-refractivity contribution in [1.82, 2.24) is 34.4 Å². The number of methoxy groups -OCH3 is 1. The maximum Gasteiger partial charge on any atom is 0.256 e. The number of imidazole rings is 1. The molecule has 6 rings (SSSR count). The van der Waals surface area contributed by atoms with Crippen molar-refractivity contribution in [2.75, 3.05) is 25.5 Å². The lowest BCUT2D eigenvalue weighted by Crippen LogP contribution is -2.52. The first-order chi connectivity index (χ1) is 18.2. The van der Waals surface area contributed by atoms with Gasteiger partial charge in [0.15, 0.2) is 5.65 Å². The molecule has 38 heavy (non-hydrogen) atoms. The third kappa shape index (κ3) is 4.21. The number of aryl methyl sites for hydroxylation is 1. The third-order valence-corrected chi connectivity index (χ3v) is 8.08. The summed E-state index contributed by atoms with van der Waals surface area (Å²) in [6.07, 6.45) is 5.08. The second-order valence-corrected chi connectivity index (χ2v) is 10.5. The number of H-pyrrole nitrogens is 1. The number of amides is 1. The van der Waals surface area contributed by atoms with Crippen LogP contribution in [0.1, 0.15) is 38.4 Å². The van der Waals surface area contributed by atoms with E-state index in [4.69, 9.17) is 9.72 Å².